The summed E-state index contributed by atoms with van der Waals surface area (Å²) in [4.78, 5) is 12.7. The molecule has 0 aliphatic carbocycles. The molecule has 0 aromatic heterocycles. The third-order valence-electron chi connectivity index (χ3n) is 6.07. The molecule has 1 aromatic carbocycles. The summed E-state index contributed by atoms with van der Waals surface area (Å²) in [6.07, 6.45) is 1.53. The molecule has 1 aromatic rings. The predicted octanol–water partition coefficient (Wildman–Crippen LogP) is 6.49. The van der Waals surface area contributed by atoms with Gasteiger partial charge in [0.25, 0.3) is 0 Å². The second-order valence-corrected chi connectivity index (χ2v) is 14.1. The van der Waals surface area contributed by atoms with Gasteiger partial charge in [-0.1, -0.05) is 75.8 Å². The van der Waals surface area contributed by atoms with E-state index in [2.05, 4.69) is 81.0 Å². The van der Waals surface area contributed by atoms with Crippen molar-refractivity contribution in [2.75, 3.05) is 0 Å². The minimum atomic E-state index is -1.77. The first-order chi connectivity index (χ1) is 10.0. The normalized spacial score (nSPS) is 14.2. The molecular formula is C19H31BrOSi. The van der Waals surface area contributed by atoms with Crippen LogP contribution in [0, 0.1) is 5.92 Å². The molecule has 0 fully saturated rings. The number of ketones is 1. The highest BCUT2D eigenvalue weighted by molar-refractivity contribution is 9.10. The van der Waals surface area contributed by atoms with E-state index in [1.54, 1.807) is 0 Å². The van der Waals surface area contributed by atoms with Crippen molar-refractivity contribution in [2.45, 2.75) is 71.1 Å². The zero-order valence-electron chi connectivity index (χ0n) is 15.2. The number of halogens is 1. The van der Waals surface area contributed by atoms with Crippen LogP contribution in [-0.2, 0) is 11.2 Å². The van der Waals surface area contributed by atoms with Gasteiger partial charge in [-0.2, -0.15) is 0 Å². The molecule has 0 saturated carbocycles. The number of benzene rings is 1. The van der Waals surface area contributed by atoms with Crippen LogP contribution in [0.25, 0.3) is 0 Å². The largest absolute Gasteiger partial charge is 0.300 e. The average molecular weight is 383 g/mol. The smallest absolute Gasteiger partial charge is 0.133 e. The van der Waals surface area contributed by atoms with E-state index in [0.29, 0.717) is 18.1 Å². The van der Waals surface area contributed by atoms with Crippen molar-refractivity contribution in [1.29, 1.82) is 0 Å². The SMILES string of the molecule is CCC(=O)[C@H](Cc1ccc(Br)cc1)[Si](C)(C)C(C)(C)C(C)C. The summed E-state index contributed by atoms with van der Waals surface area (Å²) < 4.78 is 1.09. The van der Waals surface area contributed by atoms with E-state index in [4.69, 9.17) is 0 Å². The van der Waals surface area contributed by atoms with Gasteiger partial charge in [-0.3, -0.25) is 4.79 Å². The van der Waals surface area contributed by atoms with Gasteiger partial charge in [0.15, 0.2) is 0 Å². The molecule has 0 radical (unpaired) electrons. The van der Waals surface area contributed by atoms with Crippen molar-refractivity contribution in [3.05, 3.63) is 34.3 Å². The molecule has 3 heteroatoms. The number of hydrogen-bond donors (Lipinski definition) is 0. The third-order valence-corrected chi connectivity index (χ3v) is 12.8. The molecule has 0 heterocycles. The first-order valence-electron chi connectivity index (χ1n) is 8.31. The highest BCUT2D eigenvalue weighted by atomic mass is 79.9. The molecule has 0 spiro atoms. The third kappa shape index (κ3) is 4.11. The van der Waals surface area contributed by atoms with Crippen LogP contribution in [0.3, 0.4) is 0 Å². The standard InChI is InChI=1S/C19H31BrOSi/c1-8-17(21)18(13-15-9-11-16(20)12-10-15)22(6,7)19(4,5)14(2)3/h9-12,14,18H,8,13H2,1-7H3/t18-/m0/s1. The zero-order chi connectivity index (χ0) is 17.1. The Balaban J connectivity index is 3.17. The van der Waals surface area contributed by atoms with Crippen LogP contribution in [0.1, 0.15) is 46.6 Å². The molecule has 0 N–H and O–H groups in total. The second-order valence-electron chi connectivity index (χ2n) is 7.80. The summed E-state index contributed by atoms with van der Waals surface area (Å²) in [6.45, 7) is 16.1. The van der Waals surface area contributed by atoms with Crippen LogP contribution in [0.15, 0.2) is 28.7 Å². The van der Waals surface area contributed by atoms with Crippen molar-refractivity contribution >= 4 is 29.8 Å². The first kappa shape index (κ1) is 19.6. The molecule has 1 nitrogen and oxygen atoms in total. The summed E-state index contributed by atoms with van der Waals surface area (Å²) in [6, 6.07) is 8.44. The van der Waals surface area contributed by atoms with E-state index in [1.165, 1.54) is 5.56 Å². The van der Waals surface area contributed by atoms with Crippen LogP contribution in [-0.4, -0.2) is 13.9 Å². The quantitative estimate of drug-likeness (QED) is 0.492. The molecule has 124 valence electrons. The van der Waals surface area contributed by atoms with Crippen molar-refractivity contribution in [2.24, 2.45) is 5.92 Å². The number of hydrogen-bond acceptors (Lipinski definition) is 1. The Morgan fingerprint density at radius 3 is 2.09 bits per heavy atom. The van der Waals surface area contributed by atoms with Gasteiger partial charge in [-0.25, -0.2) is 0 Å². The lowest BCUT2D eigenvalue weighted by Gasteiger charge is -2.47. The monoisotopic (exact) mass is 382 g/mol. The molecule has 1 atom stereocenters. The van der Waals surface area contributed by atoms with Crippen LogP contribution in [0.2, 0.25) is 23.7 Å². The van der Waals surface area contributed by atoms with Gasteiger partial charge in [-0.15, -0.1) is 0 Å². The molecule has 0 bridgehead atoms. The summed E-state index contributed by atoms with van der Waals surface area (Å²) in [7, 11) is -1.77. The average Bonchev–Trinajstić information content (AvgIpc) is 2.45. The minimum absolute atomic E-state index is 0.191. The van der Waals surface area contributed by atoms with Gasteiger partial charge in [0.05, 0.1) is 8.07 Å². The van der Waals surface area contributed by atoms with E-state index in [1.807, 2.05) is 6.92 Å². The molecule has 0 saturated heterocycles. The van der Waals surface area contributed by atoms with Crippen molar-refractivity contribution in [3.63, 3.8) is 0 Å². The number of Topliss-reactive ketones (excluding diaryl/α,β-unsaturated/α-hetero) is 1. The van der Waals surface area contributed by atoms with Crippen LogP contribution in [0.4, 0.5) is 0 Å². The van der Waals surface area contributed by atoms with Crippen molar-refractivity contribution < 1.29 is 4.79 Å². The molecule has 0 aliphatic rings. The predicted molar refractivity (Wildman–Crippen MR) is 103 cm³/mol. The topological polar surface area (TPSA) is 17.1 Å². The molecular weight excluding hydrogens is 352 g/mol. The van der Waals surface area contributed by atoms with Crippen LogP contribution >= 0.6 is 15.9 Å². The lowest BCUT2D eigenvalue weighted by atomic mass is 9.99. The fourth-order valence-electron chi connectivity index (χ4n) is 3.07. The van der Waals surface area contributed by atoms with E-state index in [-0.39, 0.29) is 10.6 Å². The highest BCUT2D eigenvalue weighted by Crippen LogP contribution is 2.50. The zero-order valence-corrected chi connectivity index (χ0v) is 17.8. The maximum atomic E-state index is 12.7. The summed E-state index contributed by atoms with van der Waals surface area (Å²) >= 11 is 3.49. The van der Waals surface area contributed by atoms with Gasteiger partial charge >= 0.3 is 0 Å². The van der Waals surface area contributed by atoms with E-state index in [0.717, 1.165) is 10.9 Å². The maximum Gasteiger partial charge on any atom is 0.133 e. The van der Waals surface area contributed by atoms with Crippen LogP contribution < -0.4 is 0 Å². The Bertz CT molecular complexity index is 503. The van der Waals surface area contributed by atoms with Crippen molar-refractivity contribution in [3.8, 4) is 0 Å². The van der Waals surface area contributed by atoms with Gasteiger partial charge in [-0.05, 0) is 35.1 Å². The summed E-state index contributed by atoms with van der Waals surface area (Å²) in [5.41, 5.74) is 1.46. The Hall–Kier alpha value is -0.413. The molecule has 0 amide bonds. The Morgan fingerprint density at radius 1 is 1.18 bits per heavy atom. The van der Waals surface area contributed by atoms with Gasteiger partial charge in [0.1, 0.15) is 5.78 Å². The highest BCUT2D eigenvalue weighted by Gasteiger charge is 2.48. The summed E-state index contributed by atoms with van der Waals surface area (Å²) in [5.74, 6) is 1.03. The van der Waals surface area contributed by atoms with E-state index >= 15 is 0 Å². The molecule has 0 unspecified atom stereocenters. The summed E-state index contributed by atoms with van der Waals surface area (Å²) in [5, 5.41) is 0.234. The maximum absolute atomic E-state index is 12.7. The Morgan fingerprint density at radius 2 is 1.68 bits per heavy atom. The second kappa shape index (κ2) is 7.44. The number of carbonyl (C=O) groups excluding carboxylic acids is 1. The van der Waals surface area contributed by atoms with Gasteiger partial charge in [0.2, 0.25) is 0 Å². The fourth-order valence-corrected chi connectivity index (χ4v) is 7.47. The number of carbonyl (C=O) groups is 1. The Kier molecular flexibility index (Phi) is 6.64. The van der Waals surface area contributed by atoms with E-state index < -0.39 is 8.07 Å². The van der Waals surface area contributed by atoms with Crippen molar-refractivity contribution in [1.82, 2.24) is 0 Å². The lowest BCUT2D eigenvalue weighted by molar-refractivity contribution is -0.118. The van der Waals surface area contributed by atoms with Gasteiger partial charge in [0, 0.05) is 16.4 Å². The van der Waals surface area contributed by atoms with Gasteiger partial charge < -0.3 is 0 Å². The minimum Gasteiger partial charge on any atom is -0.300 e. The first-order valence-corrected chi connectivity index (χ1v) is 12.2. The number of rotatable bonds is 7. The molecule has 0 aliphatic heterocycles. The molecule has 22 heavy (non-hydrogen) atoms. The van der Waals surface area contributed by atoms with E-state index in [9.17, 15) is 4.79 Å². The lowest BCUT2D eigenvalue weighted by Crippen LogP contribution is -2.49. The van der Waals surface area contributed by atoms with Crippen LogP contribution in [0.5, 0.6) is 0 Å². The fraction of sp³-hybridized carbons (Fsp3) is 0.632. The Labute approximate surface area is 146 Å². The molecule has 1 rings (SSSR count).